The first-order valence-corrected chi connectivity index (χ1v) is 35.9. The van der Waals surface area contributed by atoms with Gasteiger partial charge in [-0.2, -0.15) is 0 Å². The summed E-state index contributed by atoms with van der Waals surface area (Å²) in [5.74, 6) is 0. The molecule has 1 aliphatic heterocycles. The molecule has 0 bridgehead atoms. The third kappa shape index (κ3) is 7.18. The van der Waals surface area contributed by atoms with Crippen LogP contribution >= 0.6 is 17.0 Å². The molecule has 2 atom stereocenters. The Bertz CT molecular complexity index is 3040. The van der Waals surface area contributed by atoms with E-state index in [4.69, 9.17) is 0 Å². The van der Waals surface area contributed by atoms with E-state index in [1.807, 2.05) is 0 Å². The predicted molar refractivity (Wildman–Crippen MR) is 286 cm³/mol. The standard InChI is InChI=1S/2C25H23.C12H9Si.2ClH.Zr/c2*1-2-3-10-20-13-7-8-15-23(20)24-16-9-14-21-17-22(18-25(21)24)19-11-5-4-6-12-19;1-3-7-11-9(5-1)10-6-2-4-8-12(10)13-11;;;/h2*4-9,11-18H,2-3,10H2,1H3;1-7H,13H2;2*1H;/q;;;;;+2/p-2. The molecule has 2 unspecified atom stereocenters. The van der Waals surface area contributed by atoms with Crippen molar-refractivity contribution < 1.29 is 16.4 Å². The molecular formula is C62H55Cl2SiZr. The number of allylic oxidation sites excluding steroid dienone is 2. The van der Waals surface area contributed by atoms with Crippen molar-refractivity contribution in [3.8, 4) is 33.4 Å². The Hall–Kier alpha value is -5.08. The minimum atomic E-state index is -5.96. The fourth-order valence-corrected chi connectivity index (χ4v) is 39.0. The molecule has 0 nitrogen and oxygen atoms in total. The molecule has 66 heavy (non-hydrogen) atoms. The van der Waals surface area contributed by atoms with E-state index in [1.165, 1.54) is 103 Å². The second-order valence-corrected chi connectivity index (χ2v) is 41.2. The van der Waals surface area contributed by atoms with Gasteiger partial charge in [-0.05, 0) is 0 Å². The van der Waals surface area contributed by atoms with E-state index in [2.05, 4.69) is 214 Å². The van der Waals surface area contributed by atoms with Crippen LogP contribution in [0.1, 0.15) is 91.3 Å². The summed E-state index contributed by atoms with van der Waals surface area (Å²) >= 11 is -5.96. The molecule has 8 aromatic rings. The number of aryl methyl sites for hydroxylation is 2. The van der Waals surface area contributed by atoms with Gasteiger partial charge in [0.25, 0.3) is 0 Å². The summed E-state index contributed by atoms with van der Waals surface area (Å²) in [5, 5.41) is 2.90. The van der Waals surface area contributed by atoms with Crippen molar-refractivity contribution in [3.63, 3.8) is 0 Å². The van der Waals surface area contributed by atoms with Gasteiger partial charge in [-0.15, -0.1) is 0 Å². The van der Waals surface area contributed by atoms with Gasteiger partial charge >= 0.3 is 405 Å². The molecule has 0 fully saturated rings. The molecular weight excluding hydrogens is 935 g/mol. The van der Waals surface area contributed by atoms with Crippen LogP contribution in [0.2, 0.25) is 0 Å². The Morgan fingerprint density at radius 3 is 1.36 bits per heavy atom. The minimum absolute atomic E-state index is 0.261. The molecule has 1 heterocycles. The number of benzene rings is 8. The van der Waals surface area contributed by atoms with Crippen LogP contribution in [0.3, 0.4) is 0 Å². The van der Waals surface area contributed by atoms with E-state index in [-0.39, 0.29) is 7.25 Å². The fourth-order valence-electron chi connectivity index (χ4n) is 12.0. The third-order valence-electron chi connectivity index (χ3n) is 15.0. The molecule has 0 N–H and O–H groups in total. The van der Waals surface area contributed by atoms with Crippen LogP contribution in [0.4, 0.5) is 0 Å². The maximum absolute atomic E-state index is 9.62. The summed E-state index contributed by atoms with van der Waals surface area (Å²) in [5.41, 5.74) is 20.4. The van der Waals surface area contributed by atoms with Gasteiger partial charge in [0, 0.05) is 0 Å². The monoisotopic (exact) mass is 987 g/mol. The zero-order valence-corrected chi connectivity index (χ0v) is 43.3. The van der Waals surface area contributed by atoms with Gasteiger partial charge < -0.3 is 0 Å². The fraction of sp³-hybridized carbons (Fsp3) is 0.161. The quantitative estimate of drug-likeness (QED) is 0.101. The van der Waals surface area contributed by atoms with Crippen molar-refractivity contribution in [1.82, 2.24) is 0 Å². The van der Waals surface area contributed by atoms with Gasteiger partial charge in [0.15, 0.2) is 0 Å². The molecule has 0 amide bonds. The van der Waals surface area contributed by atoms with E-state index >= 15 is 0 Å². The van der Waals surface area contributed by atoms with Gasteiger partial charge in [0.1, 0.15) is 0 Å². The summed E-state index contributed by atoms with van der Waals surface area (Å²) in [6.45, 7) is 4.56. The molecule has 0 saturated carbocycles. The van der Waals surface area contributed by atoms with Crippen LogP contribution < -0.4 is 13.6 Å². The molecule has 3 aliphatic rings. The maximum atomic E-state index is 9.62. The van der Waals surface area contributed by atoms with E-state index in [1.54, 1.807) is 0 Å². The first-order valence-electron chi connectivity index (χ1n) is 24.1. The Morgan fingerprint density at radius 2 is 0.848 bits per heavy atom. The topological polar surface area (TPSA) is 0 Å². The molecule has 11 rings (SSSR count). The van der Waals surface area contributed by atoms with Gasteiger partial charge in [-0.3, -0.25) is 0 Å². The normalized spacial score (nSPS) is 16.8. The van der Waals surface area contributed by atoms with Gasteiger partial charge in [-0.25, -0.2) is 0 Å². The molecule has 2 aliphatic carbocycles. The Labute approximate surface area is 402 Å². The zero-order chi connectivity index (χ0) is 44.9. The number of hydrogen-bond donors (Lipinski definition) is 0. The van der Waals surface area contributed by atoms with E-state index in [9.17, 15) is 17.0 Å². The van der Waals surface area contributed by atoms with Crippen LogP contribution in [-0.4, -0.2) is 9.52 Å². The average molecular weight is 990 g/mol. The predicted octanol–water partition coefficient (Wildman–Crippen LogP) is 15.0. The SMILES string of the molecule is CCCCc1ccccc1-c1cccc2c1C=C(c1ccccc1)[CH]2[Zr]([Cl])([Cl])([c]1cccc2c1[SiH2]c1ccccc1-2)[CH]1C(c2ccccc2)=Cc2c(-c3ccccc3CCCC)cccc21. The van der Waals surface area contributed by atoms with Crippen LogP contribution in [0.25, 0.3) is 56.7 Å². The first-order chi connectivity index (χ1) is 32.4. The van der Waals surface area contributed by atoms with Gasteiger partial charge in [0.05, 0.1) is 0 Å². The van der Waals surface area contributed by atoms with Crippen molar-refractivity contribution in [2.45, 2.75) is 59.6 Å². The van der Waals surface area contributed by atoms with Crippen LogP contribution in [0.15, 0.2) is 188 Å². The zero-order valence-electron chi connectivity index (χ0n) is 37.9. The summed E-state index contributed by atoms with van der Waals surface area (Å²) in [6, 6.07) is 70.2. The van der Waals surface area contributed by atoms with Crippen molar-refractivity contribution in [1.29, 1.82) is 0 Å². The van der Waals surface area contributed by atoms with Crippen LogP contribution in [-0.2, 0) is 29.2 Å². The second-order valence-electron chi connectivity index (χ2n) is 18.8. The molecule has 0 aromatic heterocycles. The number of halogens is 2. The van der Waals surface area contributed by atoms with E-state index in [0.29, 0.717) is 0 Å². The molecule has 0 spiro atoms. The molecule has 8 aromatic carbocycles. The summed E-state index contributed by atoms with van der Waals surface area (Å²) in [4.78, 5) is 0. The molecule has 0 radical (unpaired) electrons. The van der Waals surface area contributed by atoms with Crippen LogP contribution in [0, 0.1) is 0 Å². The summed E-state index contributed by atoms with van der Waals surface area (Å²) in [6.07, 6.45) is 11.7. The van der Waals surface area contributed by atoms with Crippen molar-refractivity contribution in [2.75, 3.05) is 0 Å². The van der Waals surface area contributed by atoms with Crippen molar-refractivity contribution >= 4 is 63.5 Å². The number of hydrogen-bond acceptors (Lipinski definition) is 0. The third-order valence-corrected chi connectivity index (χ3v) is 37.5. The van der Waals surface area contributed by atoms with Crippen LogP contribution in [0.5, 0.6) is 0 Å². The summed E-state index contributed by atoms with van der Waals surface area (Å²) in [7, 11) is 18.3. The number of rotatable bonds is 13. The van der Waals surface area contributed by atoms with Crippen molar-refractivity contribution in [3.05, 3.63) is 233 Å². The number of fused-ring (bicyclic) bond motifs is 5. The van der Waals surface area contributed by atoms with Crippen molar-refractivity contribution in [2.24, 2.45) is 0 Å². The average Bonchev–Trinajstić information content (AvgIpc) is 4.09. The number of unbranched alkanes of at least 4 members (excludes halogenated alkanes) is 2. The molecule has 4 heteroatoms. The summed E-state index contributed by atoms with van der Waals surface area (Å²) < 4.78 is 0.715. The van der Waals surface area contributed by atoms with Gasteiger partial charge in [-0.1, -0.05) is 0 Å². The second kappa shape index (κ2) is 17.9. The van der Waals surface area contributed by atoms with E-state index < -0.39 is 25.9 Å². The Balaban J connectivity index is 1.25. The molecule has 0 saturated heterocycles. The van der Waals surface area contributed by atoms with E-state index in [0.717, 1.165) is 38.5 Å². The Kier molecular flexibility index (Phi) is 11.8. The molecule has 325 valence electrons. The van der Waals surface area contributed by atoms with Gasteiger partial charge in [0.2, 0.25) is 0 Å². The Morgan fingerprint density at radius 1 is 0.424 bits per heavy atom. The first kappa shape index (κ1) is 43.5.